The summed E-state index contributed by atoms with van der Waals surface area (Å²) in [6, 6.07) is 16.7. The van der Waals surface area contributed by atoms with E-state index in [0.717, 1.165) is 14.0 Å². The van der Waals surface area contributed by atoms with Gasteiger partial charge in [0, 0.05) is 8.45 Å². The first-order chi connectivity index (χ1) is 12.5. The first-order valence-corrected chi connectivity index (χ1v) is 9.50. The second kappa shape index (κ2) is 8.41. The minimum Gasteiger partial charge on any atom is -0.451 e. The molecule has 0 atom stereocenters. The van der Waals surface area contributed by atoms with Crippen molar-refractivity contribution in [2.45, 2.75) is 0 Å². The van der Waals surface area contributed by atoms with E-state index >= 15 is 0 Å². The number of anilines is 1. The summed E-state index contributed by atoms with van der Waals surface area (Å²) < 4.78 is 18.9. The van der Waals surface area contributed by atoms with Gasteiger partial charge in [-0.2, -0.15) is 0 Å². The Balaban J connectivity index is 1.58. The Hall–Kier alpha value is -2.26. The summed E-state index contributed by atoms with van der Waals surface area (Å²) >= 11 is 3.34. The molecule has 0 unspecified atom stereocenters. The van der Waals surface area contributed by atoms with Crippen LogP contribution < -0.4 is 5.32 Å². The van der Waals surface area contributed by atoms with Crippen molar-refractivity contribution in [1.29, 1.82) is 0 Å². The van der Waals surface area contributed by atoms with E-state index in [4.69, 9.17) is 4.74 Å². The van der Waals surface area contributed by atoms with E-state index in [-0.39, 0.29) is 12.4 Å². The average Bonchev–Trinajstić information content (AvgIpc) is 3.12. The van der Waals surface area contributed by atoms with Crippen LogP contribution in [0.4, 0.5) is 10.1 Å². The Morgan fingerprint density at radius 1 is 1.04 bits per heavy atom. The van der Waals surface area contributed by atoms with Crippen LogP contribution in [-0.4, -0.2) is 18.5 Å². The molecule has 1 aromatic heterocycles. The first kappa shape index (κ1) is 18.5. The monoisotopic (exact) mass is 481 g/mol. The second-order valence-corrected chi connectivity index (χ2v) is 7.52. The van der Waals surface area contributed by atoms with Crippen molar-refractivity contribution >= 4 is 51.5 Å². The number of benzene rings is 2. The van der Waals surface area contributed by atoms with Crippen molar-refractivity contribution in [2.75, 3.05) is 11.9 Å². The lowest BCUT2D eigenvalue weighted by Crippen LogP contribution is -2.21. The minimum absolute atomic E-state index is 0.316. The zero-order chi connectivity index (χ0) is 18.5. The zero-order valence-corrected chi connectivity index (χ0v) is 16.3. The van der Waals surface area contributed by atoms with E-state index in [2.05, 4.69) is 27.9 Å². The van der Waals surface area contributed by atoms with Gasteiger partial charge < -0.3 is 10.1 Å². The van der Waals surface area contributed by atoms with Gasteiger partial charge in [-0.3, -0.25) is 4.79 Å². The number of thiophene rings is 1. The van der Waals surface area contributed by atoms with Crippen molar-refractivity contribution < 1.29 is 18.7 Å². The highest BCUT2D eigenvalue weighted by Gasteiger charge is 2.14. The molecule has 26 heavy (non-hydrogen) atoms. The average molecular weight is 481 g/mol. The van der Waals surface area contributed by atoms with Crippen LogP contribution in [0.25, 0.3) is 10.4 Å². The van der Waals surface area contributed by atoms with E-state index in [1.807, 2.05) is 18.2 Å². The molecule has 7 heteroatoms. The molecule has 3 rings (SSSR count). The Morgan fingerprint density at radius 2 is 1.77 bits per heavy atom. The van der Waals surface area contributed by atoms with Gasteiger partial charge in [0.2, 0.25) is 0 Å². The smallest absolute Gasteiger partial charge is 0.348 e. The molecule has 1 N–H and O–H groups in total. The standard InChI is InChI=1S/C19H13FINO3S/c20-13-7-5-12(6-8-13)16-9-10-17(26-16)19(24)25-11-18(23)22-15-4-2-1-3-14(15)21/h1-10H,11H2,(H,22,23). The fourth-order valence-corrected chi connectivity index (χ4v) is 3.60. The summed E-state index contributed by atoms with van der Waals surface area (Å²) in [6.07, 6.45) is 0. The summed E-state index contributed by atoms with van der Waals surface area (Å²) in [4.78, 5) is 25.2. The number of halogens is 2. The molecule has 0 bridgehead atoms. The highest BCUT2D eigenvalue weighted by Crippen LogP contribution is 2.28. The van der Waals surface area contributed by atoms with Gasteiger partial charge in [-0.25, -0.2) is 9.18 Å². The molecule has 1 amide bonds. The summed E-state index contributed by atoms with van der Waals surface area (Å²) in [6.45, 7) is -0.367. The number of hydrogen-bond donors (Lipinski definition) is 1. The van der Waals surface area contributed by atoms with Gasteiger partial charge in [0.1, 0.15) is 10.7 Å². The Labute approximate surface area is 167 Å². The molecular weight excluding hydrogens is 468 g/mol. The molecule has 0 saturated carbocycles. The number of carbonyl (C=O) groups is 2. The van der Waals surface area contributed by atoms with Gasteiger partial charge in [0.15, 0.2) is 6.61 Å². The molecule has 0 aliphatic rings. The topological polar surface area (TPSA) is 55.4 Å². The fraction of sp³-hybridized carbons (Fsp3) is 0.0526. The van der Waals surface area contributed by atoms with Crippen LogP contribution in [0.5, 0.6) is 0 Å². The van der Waals surface area contributed by atoms with Crippen LogP contribution in [0, 0.1) is 9.39 Å². The van der Waals surface area contributed by atoms with Crippen LogP contribution >= 0.6 is 33.9 Å². The van der Waals surface area contributed by atoms with Crippen molar-refractivity contribution in [3.8, 4) is 10.4 Å². The highest BCUT2D eigenvalue weighted by molar-refractivity contribution is 14.1. The molecule has 0 radical (unpaired) electrons. The number of para-hydroxylation sites is 1. The van der Waals surface area contributed by atoms with E-state index < -0.39 is 11.9 Å². The summed E-state index contributed by atoms with van der Waals surface area (Å²) in [7, 11) is 0. The lowest BCUT2D eigenvalue weighted by atomic mass is 10.2. The van der Waals surface area contributed by atoms with E-state index in [9.17, 15) is 14.0 Å². The lowest BCUT2D eigenvalue weighted by molar-refractivity contribution is -0.119. The molecule has 3 aromatic rings. The molecule has 0 aliphatic carbocycles. The lowest BCUT2D eigenvalue weighted by Gasteiger charge is -2.07. The number of nitrogens with one attached hydrogen (secondary N) is 1. The predicted molar refractivity (Wildman–Crippen MR) is 108 cm³/mol. The Kier molecular flexibility index (Phi) is 6.00. The van der Waals surface area contributed by atoms with Gasteiger partial charge >= 0.3 is 5.97 Å². The molecule has 0 aliphatic heterocycles. The maximum atomic E-state index is 13.0. The van der Waals surface area contributed by atoms with Crippen LogP contribution in [0.3, 0.4) is 0 Å². The van der Waals surface area contributed by atoms with Gasteiger partial charge in [-0.05, 0) is 64.6 Å². The molecule has 0 spiro atoms. The predicted octanol–water partition coefficient (Wildman–Crippen LogP) is 4.95. The van der Waals surface area contributed by atoms with Crippen molar-refractivity contribution in [3.63, 3.8) is 0 Å². The fourth-order valence-electron chi connectivity index (χ4n) is 2.17. The molecule has 2 aromatic carbocycles. The van der Waals surface area contributed by atoms with Crippen molar-refractivity contribution in [2.24, 2.45) is 0 Å². The van der Waals surface area contributed by atoms with Crippen molar-refractivity contribution in [3.05, 3.63) is 74.9 Å². The third kappa shape index (κ3) is 4.67. The normalized spacial score (nSPS) is 10.4. The molecule has 1 heterocycles. The zero-order valence-electron chi connectivity index (χ0n) is 13.4. The molecule has 132 valence electrons. The number of rotatable bonds is 5. The molecule has 4 nitrogen and oxygen atoms in total. The minimum atomic E-state index is -0.568. The second-order valence-electron chi connectivity index (χ2n) is 5.27. The van der Waals surface area contributed by atoms with E-state index in [1.165, 1.54) is 23.5 Å². The van der Waals surface area contributed by atoms with E-state index in [1.54, 1.807) is 30.3 Å². The third-order valence-electron chi connectivity index (χ3n) is 3.42. The van der Waals surface area contributed by atoms with E-state index in [0.29, 0.717) is 10.6 Å². The number of amides is 1. The first-order valence-electron chi connectivity index (χ1n) is 7.60. The van der Waals surface area contributed by atoms with Crippen molar-refractivity contribution in [1.82, 2.24) is 0 Å². The SMILES string of the molecule is O=C(COC(=O)c1ccc(-c2ccc(F)cc2)s1)Nc1ccccc1I. The number of carbonyl (C=O) groups excluding carboxylic acids is 2. The van der Waals surface area contributed by atoms with Gasteiger partial charge in [0.25, 0.3) is 5.91 Å². The Morgan fingerprint density at radius 3 is 2.50 bits per heavy atom. The highest BCUT2D eigenvalue weighted by atomic mass is 127. The van der Waals surface area contributed by atoms with Gasteiger partial charge in [0.05, 0.1) is 5.69 Å². The maximum Gasteiger partial charge on any atom is 0.348 e. The summed E-state index contributed by atoms with van der Waals surface area (Å²) in [5, 5.41) is 2.70. The summed E-state index contributed by atoms with van der Waals surface area (Å²) in [5.41, 5.74) is 1.48. The largest absolute Gasteiger partial charge is 0.451 e. The molecular formula is C19H13FINO3S. The Bertz CT molecular complexity index is 940. The van der Waals surface area contributed by atoms with Gasteiger partial charge in [-0.15, -0.1) is 11.3 Å². The van der Waals surface area contributed by atoms with Crippen LogP contribution in [0.1, 0.15) is 9.67 Å². The van der Waals surface area contributed by atoms with Gasteiger partial charge in [-0.1, -0.05) is 24.3 Å². The van der Waals surface area contributed by atoms with Crippen LogP contribution in [-0.2, 0) is 9.53 Å². The van der Waals surface area contributed by atoms with Crippen LogP contribution in [0.2, 0.25) is 0 Å². The third-order valence-corrected chi connectivity index (χ3v) is 5.47. The van der Waals surface area contributed by atoms with Crippen LogP contribution in [0.15, 0.2) is 60.7 Å². The summed E-state index contributed by atoms with van der Waals surface area (Å²) in [5.74, 6) is -1.29. The number of hydrogen-bond acceptors (Lipinski definition) is 4. The quantitative estimate of drug-likeness (QED) is 0.415. The maximum absolute atomic E-state index is 13.0. The molecule has 0 saturated heterocycles. The molecule has 0 fully saturated rings. The number of esters is 1. The number of ether oxygens (including phenoxy) is 1.